The molecule has 0 bridgehead atoms. The fraction of sp³-hybridized carbons (Fsp3) is 0.161. The first-order valence-corrected chi connectivity index (χ1v) is 28.2. The minimum absolute atomic E-state index is 0.0590. The van der Waals surface area contributed by atoms with Crippen molar-refractivity contribution in [2.24, 2.45) is 0 Å². The Morgan fingerprint density at radius 1 is 0.452 bits per heavy atom. The summed E-state index contributed by atoms with van der Waals surface area (Å²) < 4.78 is 72.7. The van der Waals surface area contributed by atoms with Gasteiger partial charge in [0.05, 0.1) is 0 Å². The van der Waals surface area contributed by atoms with Crippen LogP contribution in [0.1, 0.15) is 65.5 Å². The van der Waals surface area contributed by atoms with E-state index in [4.69, 9.17) is 26.5 Å². The summed E-state index contributed by atoms with van der Waals surface area (Å²) in [6.45, 7) is 12.6. The van der Waals surface area contributed by atoms with Crippen molar-refractivity contribution in [3.63, 3.8) is 0 Å². The van der Waals surface area contributed by atoms with Gasteiger partial charge in [0.1, 0.15) is 38.2 Å². The Morgan fingerprint density at radius 2 is 0.863 bits per heavy atom. The summed E-state index contributed by atoms with van der Waals surface area (Å²) in [5, 5.41) is 9.82. The van der Waals surface area contributed by atoms with Crippen LogP contribution in [0.3, 0.4) is 0 Å². The van der Waals surface area contributed by atoms with Crippen LogP contribution in [0.4, 0.5) is 0 Å². The third-order valence-electron chi connectivity index (χ3n) is 14.3. The average molecular weight is 1020 g/mol. The maximum absolute atomic E-state index is 16.1. The standard InChI is InChI=1S/C62H54O8P2S/c1-7-61(3,4)47-29-35-53(67-71(65-49-31-25-41-17-9-11-21-45(41)37-49)66-50-32-26-42-18-10-12-22-46(42)38-50)57(39-47)73(63,64)58-40-48(62(5,6)8-2)30-36-54(58)68-72-69-55-33-27-43-19-13-15-23-51(43)59(55)60-52-24-16-14-20-44(52)28-34-56(60)70-72/h9-40H,7-8H2,1-6H3. The highest BCUT2D eigenvalue weighted by Gasteiger charge is 2.34. The van der Waals surface area contributed by atoms with Crippen molar-refractivity contribution < 1.29 is 34.9 Å². The highest BCUT2D eigenvalue weighted by Crippen LogP contribution is 2.49. The summed E-state index contributed by atoms with van der Waals surface area (Å²) in [5.74, 6) is 1.13. The molecule has 73 heavy (non-hydrogen) atoms. The fourth-order valence-electron chi connectivity index (χ4n) is 9.18. The van der Waals surface area contributed by atoms with E-state index in [9.17, 15) is 0 Å². The third kappa shape index (κ3) is 9.38. The number of benzene rings is 10. The average Bonchev–Trinajstić information content (AvgIpc) is 3.57. The number of rotatable bonds is 14. The molecule has 0 aliphatic carbocycles. The topological polar surface area (TPSA) is 97.3 Å². The lowest BCUT2D eigenvalue weighted by Crippen LogP contribution is -2.18. The van der Waals surface area contributed by atoms with Gasteiger partial charge in [0.2, 0.25) is 9.84 Å². The molecule has 10 aromatic carbocycles. The monoisotopic (exact) mass is 1020 g/mol. The van der Waals surface area contributed by atoms with Gasteiger partial charge in [-0.25, -0.2) is 8.42 Å². The van der Waals surface area contributed by atoms with Crippen LogP contribution >= 0.6 is 16.8 Å². The minimum Gasteiger partial charge on any atom is -0.408 e. The molecule has 0 N–H and O–H groups in total. The second-order valence-electron chi connectivity index (χ2n) is 19.6. The first kappa shape index (κ1) is 48.0. The molecule has 1 heterocycles. The highest BCUT2D eigenvalue weighted by atomic mass is 32.2. The molecule has 0 spiro atoms. The van der Waals surface area contributed by atoms with E-state index in [0.29, 0.717) is 22.7 Å². The second-order valence-corrected chi connectivity index (χ2v) is 23.5. The van der Waals surface area contributed by atoms with Gasteiger partial charge in [-0.2, -0.15) is 0 Å². The van der Waals surface area contributed by atoms with Crippen molar-refractivity contribution in [3.05, 3.63) is 205 Å². The predicted octanol–water partition coefficient (Wildman–Crippen LogP) is 18.7. The lowest BCUT2D eigenvalue weighted by Gasteiger charge is -2.26. The van der Waals surface area contributed by atoms with Gasteiger partial charge in [-0.05, 0) is 139 Å². The van der Waals surface area contributed by atoms with E-state index < -0.39 is 37.5 Å². The van der Waals surface area contributed by atoms with E-state index in [2.05, 4.69) is 65.8 Å². The zero-order valence-corrected chi connectivity index (χ0v) is 44.1. The molecule has 0 aliphatic rings. The maximum Gasteiger partial charge on any atom is 0.530 e. The van der Waals surface area contributed by atoms with Crippen LogP contribution in [0.15, 0.2) is 212 Å². The quantitative estimate of drug-likeness (QED) is 0.0994. The molecule has 0 radical (unpaired) electrons. The maximum atomic E-state index is 16.1. The van der Waals surface area contributed by atoms with Crippen molar-refractivity contribution >= 4 is 91.7 Å². The van der Waals surface area contributed by atoms with Crippen LogP contribution in [0, 0.1) is 0 Å². The van der Waals surface area contributed by atoms with Crippen LogP contribution in [0.2, 0.25) is 0 Å². The first-order chi connectivity index (χ1) is 35.3. The van der Waals surface area contributed by atoms with Gasteiger partial charge < -0.3 is 26.5 Å². The van der Waals surface area contributed by atoms with E-state index in [1.807, 2.05) is 146 Å². The number of hydrogen-bond acceptors (Lipinski definition) is 8. The third-order valence-corrected chi connectivity index (χ3v) is 18.2. The van der Waals surface area contributed by atoms with Crippen molar-refractivity contribution in [3.8, 4) is 23.0 Å². The summed E-state index contributed by atoms with van der Waals surface area (Å²) in [4.78, 5) is -0.127. The Bertz CT molecular complexity index is 3890. The van der Waals surface area contributed by atoms with Gasteiger partial charge in [-0.3, -0.25) is 0 Å². The molecule has 11 rings (SSSR count). The second kappa shape index (κ2) is 19.3. The summed E-state index contributed by atoms with van der Waals surface area (Å²) in [5.41, 5.74) is 1.96. The van der Waals surface area contributed by atoms with E-state index in [-0.39, 0.29) is 21.3 Å². The van der Waals surface area contributed by atoms with Gasteiger partial charge in [-0.15, -0.1) is 0 Å². The van der Waals surface area contributed by atoms with Gasteiger partial charge in [0.25, 0.3) is 0 Å². The zero-order chi connectivity index (χ0) is 50.5. The smallest absolute Gasteiger partial charge is 0.408 e. The van der Waals surface area contributed by atoms with Crippen LogP contribution in [0.5, 0.6) is 23.0 Å². The summed E-state index contributed by atoms with van der Waals surface area (Å²) in [6, 6.07) is 62.5. The van der Waals surface area contributed by atoms with Crippen LogP contribution in [0.25, 0.3) is 65.0 Å². The highest BCUT2D eigenvalue weighted by molar-refractivity contribution is 7.91. The van der Waals surface area contributed by atoms with Crippen LogP contribution in [-0.4, -0.2) is 8.42 Å². The van der Waals surface area contributed by atoms with Gasteiger partial charge >= 0.3 is 16.8 Å². The van der Waals surface area contributed by atoms with Crippen molar-refractivity contribution in [1.82, 2.24) is 0 Å². The van der Waals surface area contributed by atoms with Crippen molar-refractivity contribution in [2.45, 2.75) is 75.0 Å². The molecule has 0 saturated heterocycles. The summed E-state index contributed by atoms with van der Waals surface area (Å²) in [6.07, 6.45) is 1.49. The minimum atomic E-state index is -4.52. The number of fused-ring (bicyclic) bond motifs is 9. The number of sulfone groups is 1. The van der Waals surface area contributed by atoms with E-state index >= 15 is 8.42 Å². The molecule has 0 fully saturated rings. The molecule has 11 heteroatoms. The zero-order valence-electron chi connectivity index (χ0n) is 41.5. The molecular formula is C62H54O8P2S. The van der Waals surface area contributed by atoms with Gasteiger partial charge in [0, 0.05) is 10.8 Å². The first-order valence-electron chi connectivity index (χ1n) is 24.5. The van der Waals surface area contributed by atoms with Crippen molar-refractivity contribution in [1.29, 1.82) is 0 Å². The van der Waals surface area contributed by atoms with E-state index in [1.165, 1.54) is 0 Å². The normalized spacial score (nSPS) is 12.3. The SMILES string of the molecule is CCC(C)(C)c1ccc(OP(Oc2ccc3ccccc3c2)Oc2ccc3ccccc3c2)c(S(=O)(=O)c2cc(C(C)(C)CC)ccc2Op2oc3ccc4ccccc4c3c3c(ccc4ccccc43)o2)c1. The van der Waals surface area contributed by atoms with E-state index in [0.717, 1.165) is 77.8 Å². The molecule has 0 atom stereocenters. The Balaban J connectivity index is 1.08. The van der Waals surface area contributed by atoms with Gasteiger partial charge in [-0.1, -0.05) is 175 Å². The Hall–Kier alpha value is -7.28. The summed E-state index contributed by atoms with van der Waals surface area (Å²) in [7, 11) is -9.15. The van der Waals surface area contributed by atoms with Gasteiger partial charge in [0.15, 0.2) is 5.75 Å². The predicted molar refractivity (Wildman–Crippen MR) is 299 cm³/mol. The molecule has 0 aliphatic heterocycles. The molecular weight excluding hydrogens is 967 g/mol. The molecule has 1 aromatic heterocycles. The Labute approximate surface area is 427 Å². The lowest BCUT2D eigenvalue weighted by molar-refractivity contribution is 0.384. The molecule has 11 aromatic rings. The molecule has 0 amide bonds. The molecule has 0 unspecified atom stereocenters. The number of hydrogen-bond donors (Lipinski definition) is 0. The van der Waals surface area contributed by atoms with E-state index in [1.54, 1.807) is 24.3 Å². The largest absolute Gasteiger partial charge is 0.530 e. The Kier molecular flexibility index (Phi) is 12.7. The van der Waals surface area contributed by atoms with Crippen LogP contribution in [-0.2, 0) is 20.7 Å². The van der Waals surface area contributed by atoms with Crippen LogP contribution < -0.4 is 18.1 Å². The molecule has 366 valence electrons. The lowest BCUT2D eigenvalue weighted by atomic mass is 9.82. The summed E-state index contributed by atoms with van der Waals surface area (Å²) >= 11 is 0. The molecule has 8 nitrogen and oxygen atoms in total. The van der Waals surface area contributed by atoms with Crippen molar-refractivity contribution in [2.75, 3.05) is 0 Å². The Morgan fingerprint density at radius 3 is 1.34 bits per heavy atom. The fourth-order valence-corrected chi connectivity index (χ4v) is 12.9. The molecule has 0 saturated carbocycles.